The van der Waals surface area contributed by atoms with Crippen LogP contribution in [0.2, 0.25) is 10.0 Å². The number of hydrogen-bond donors (Lipinski definition) is 2. The SMILES string of the molecule is Nc1nonc1-c1nc2ccccc2n1CC(=O)Nc1cc(Cl)cc(Cl)c1. The van der Waals surface area contributed by atoms with Crippen molar-refractivity contribution in [1.82, 2.24) is 19.9 Å². The summed E-state index contributed by atoms with van der Waals surface area (Å²) in [6.07, 6.45) is 0. The van der Waals surface area contributed by atoms with Crippen molar-refractivity contribution >= 4 is 51.6 Å². The lowest BCUT2D eigenvalue weighted by Gasteiger charge is -2.10. The molecule has 0 saturated carbocycles. The normalized spacial score (nSPS) is 11.0. The number of aromatic nitrogens is 4. The minimum absolute atomic E-state index is 0.0354. The Hall–Kier alpha value is -3.10. The Kier molecular flexibility index (Phi) is 4.43. The lowest BCUT2D eigenvalue weighted by atomic mass is 10.3. The molecule has 2 aromatic heterocycles. The van der Waals surface area contributed by atoms with Crippen LogP contribution in [0.1, 0.15) is 0 Å². The van der Waals surface area contributed by atoms with E-state index < -0.39 is 0 Å². The first kappa shape index (κ1) is 17.3. The molecule has 0 bridgehead atoms. The van der Waals surface area contributed by atoms with Crippen molar-refractivity contribution in [1.29, 1.82) is 0 Å². The molecule has 8 nitrogen and oxygen atoms in total. The number of imidazole rings is 1. The van der Waals surface area contributed by atoms with E-state index in [1.54, 1.807) is 22.8 Å². The van der Waals surface area contributed by atoms with Gasteiger partial charge in [0.25, 0.3) is 0 Å². The highest BCUT2D eigenvalue weighted by molar-refractivity contribution is 6.35. The number of fused-ring (bicyclic) bond motifs is 1. The second-order valence-corrected chi connectivity index (χ2v) is 6.59. The Bertz CT molecular complexity index is 1130. The monoisotopic (exact) mass is 402 g/mol. The third-order valence-electron chi connectivity index (χ3n) is 3.83. The summed E-state index contributed by atoms with van der Waals surface area (Å²) >= 11 is 11.9. The highest BCUT2D eigenvalue weighted by Crippen LogP contribution is 2.27. The van der Waals surface area contributed by atoms with E-state index in [-0.39, 0.29) is 24.0 Å². The van der Waals surface area contributed by atoms with Crippen molar-refractivity contribution in [3.8, 4) is 11.5 Å². The molecule has 0 saturated heterocycles. The fraction of sp³-hybridized carbons (Fsp3) is 0.0588. The van der Waals surface area contributed by atoms with Crippen molar-refractivity contribution in [2.24, 2.45) is 0 Å². The number of carbonyl (C=O) groups excluding carboxylic acids is 1. The molecule has 0 radical (unpaired) electrons. The van der Waals surface area contributed by atoms with Gasteiger partial charge in [0.15, 0.2) is 17.3 Å². The molecule has 27 heavy (non-hydrogen) atoms. The molecular formula is C17H12Cl2N6O2. The van der Waals surface area contributed by atoms with Crippen LogP contribution >= 0.6 is 23.2 Å². The number of hydrogen-bond acceptors (Lipinski definition) is 6. The lowest BCUT2D eigenvalue weighted by molar-refractivity contribution is -0.116. The van der Waals surface area contributed by atoms with Crippen LogP contribution < -0.4 is 11.1 Å². The number of anilines is 2. The largest absolute Gasteiger partial charge is 0.379 e. The Balaban J connectivity index is 1.70. The van der Waals surface area contributed by atoms with Gasteiger partial charge in [-0.2, -0.15) is 0 Å². The summed E-state index contributed by atoms with van der Waals surface area (Å²) in [5.74, 6) is 0.176. The van der Waals surface area contributed by atoms with Crippen molar-refractivity contribution in [3.05, 3.63) is 52.5 Å². The fourth-order valence-electron chi connectivity index (χ4n) is 2.74. The number of para-hydroxylation sites is 2. The molecule has 0 atom stereocenters. The zero-order chi connectivity index (χ0) is 19.0. The summed E-state index contributed by atoms with van der Waals surface area (Å²) in [5, 5.41) is 11.0. The molecular weight excluding hydrogens is 391 g/mol. The molecule has 0 unspecified atom stereocenters. The summed E-state index contributed by atoms with van der Waals surface area (Å²) in [5.41, 5.74) is 7.99. The average molecular weight is 403 g/mol. The molecule has 2 aromatic carbocycles. The van der Waals surface area contributed by atoms with Crippen LogP contribution in [0.25, 0.3) is 22.6 Å². The maximum Gasteiger partial charge on any atom is 0.244 e. The topological polar surface area (TPSA) is 112 Å². The number of nitrogens with two attached hydrogens (primary N) is 1. The van der Waals surface area contributed by atoms with E-state index >= 15 is 0 Å². The number of amides is 1. The van der Waals surface area contributed by atoms with Gasteiger partial charge in [0.2, 0.25) is 5.91 Å². The van der Waals surface area contributed by atoms with Gasteiger partial charge in [0, 0.05) is 15.7 Å². The number of carbonyl (C=O) groups is 1. The second kappa shape index (κ2) is 6.90. The quantitative estimate of drug-likeness (QED) is 0.538. The molecule has 136 valence electrons. The van der Waals surface area contributed by atoms with Crippen molar-refractivity contribution < 1.29 is 9.42 Å². The van der Waals surface area contributed by atoms with Gasteiger partial charge in [-0.05, 0) is 40.6 Å². The Morgan fingerprint density at radius 3 is 2.59 bits per heavy atom. The van der Waals surface area contributed by atoms with Gasteiger partial charge in [-0.1, -0.05) is 35.3 Å². The first-order valence-electron chi connectivity index (χ1n) is 7.81. The number of nitrogen functional groups attached to an aromatic ring is 1. The number of benzene rings is 2. The lowest BCUT2D eigenvalue weighted by Crippen LogP contribution is -2.19. The molecule has 0 aliphatic carbocycles. The van der Waals surface area contributed by atoms with Crippen LogP contribution in [-0.4, -0.2) is 25.8 Å². The number of halogens is 2. The molecule has 4 rings (SSSR count). The van der Waals surface area contributed by atoms with Crippen LogP contribution in [0.3, 0.4) is 0 Å². The fourth-order valence-corrected chi connectivity index (χ4v) is 3.26. The van der Waals surface area contributed by atoms with Crippen molar-refractivity contribution in [2.75, 3.05) is 11.1 Å². The minimum Gasteiger partial charge on any atom is -0.379 e. The molecule has 0 aliphatic rings. The van der Waals surface area contributed by atoms with Gasteiger partial charge in [0.05, 0.1) is 11.0 Å². The third-order valence-corrected chi connectivity index (χ3v) is 4.26. The highest BCUT2D eigenvalue weighted by Gasteiger charge is 2.20. The molecule has 10 heteroatoms. The molecule has 0 spiro atoms. The Labute approximate surface area is 162 Å². The zero-order valence-corrected chi connectivity index (χ0v) is 15.2. The van der Waals surface area contributed by atoms with Crippen LogP contribution in [0.5, 0.6) is 0 Å². The summed E-state index contributed by atoms with van der Waals surface area (Å²) in [7, 11) is 0. The highest BCUT2D eigenvalue weighted by atomic mass is 35.5. The molecule has 2 heterocycles. The molecule has 0 aliphatic heterocycles. The summed E-state index contributed by atoms with van der Waals surface area (Å²) in [6.45, 7) is -0.0354. The van der Waals surface area contributed by atoms with Crippen molar-refractivity contribution in [3.63, 3.8) is 0 Å². The molecule has 3 N–H and O–H groups in total. The first-order chi connectivity index (χ1) is 13.0. The summed E-state index contributed by atoms with van der Waals surface area (Å²) < 4.78 is 6.36. The predicted octanol–water partition coefficient (Wildman–Crippen LogP) is 3.61. The zero-order valence-electron chi connectivity index (χ0n) is 13.7. The number of nitrogens with one attached hydrogen (secondary N) is 1. The number of rotatable bonds is 4. The van der Waals surface area contributed by atoms with Gasteiger partial charge >= 0.3 is 0 Å². The minimum atomic E-state index is -0.298. The van der Waals surface area contributed by atoms with Crippen LogP contribution in [0.4, 0.5) is 11.5 Å². The van der Waals surface area contributed by atoms with E-state index in [0.717, 1.165) is 5.52 Å². The van der Waals surface area contributed by atoms with E-state index in [2.05, 4.69) is 25.2 Å². The Morgan fingerprint density at radius 1 is 1.15 bits per heavy atom. The van der Waals surface area contributed by atoms with Crippen LogP contribution in [0.15, 0.2) is 47.1 Å². The van der Waals surface area contributed by atoms with Gasteiger partial charge in [0.1, 0.15) is 6.54 Å². The third kappa shape index (κ3) is 3.44. The van der Waals surface area contributed by atoms with Gasteiger partial charge in [-0.15, -0.1) is 0 Å². The molecule has 0 fully saturated rings. The van der Waals surface area contributed by atoms with E-state index in [0.29, 0.717) is 27.1 Å². The van der Waals surface area contributed by atoms with Crippen LogP contribution in [-0.2, 0) is 11.3 Å². The van der Waals surface area contributed by atoms with Crippen molar-refractivity contribution in [2.45, 2.75) is 6.54 Å². The van der Waals surface area contributed by atoms with Gasteiger partial charge < -0.3 is 15.6 Å². The van der Waals surface area contributed by atoms with E-state index in [1.165, 1.54) is 0 Å². The van der Waals surface area contributed by atoms with E-state index in [4.69, 9.17) is 28.9 Å². The maximum absolute atomic E-state index is 12.6. The maximum atomic E-state index is 12.6. The average Bonchev–Trinajstić information content (AvgIpc) is 3.17. The first-order valence-corrected chi connectivity index (χ1v) is 8.56. The van der Waals surface area contributed by atoms with Crippen LogP contribution in [0, 0.1) is 0 Å². The molecule has 4 aromatic rings. The predicted molar refractivity (Wildman–Crippen MR) is 103 cm³/mol. The summed E-state index contributed by atoms with van der Waals surface area (Å²) in [6, 6.07) is 12.2. The summed E-state index contributed by atoms with van der Waals surface area (Å²) in [4.78, 5) is 17.1. The van der Waals surface area contributed by atoms with Gasteiger partial charge in [-0.25, -0.2) is 9.61 Å². The van der Waals surface area contributed by atoms with E-state index in [1.807, 2.05) is 24.3 Å². The van der Waals surface area contributed by atoms with Gasteiger partial charge in [-0.3, -0.25) is 4.79 Å². The van der Waals surface area contributed by atoms with E-state index in [9.17, 15) is 4.79 Å². The second-order valence-electron chi connectivity index (χ2n) is 5.71. The number of nitrogens with zero attached hydrogens (tertiary/aromatic N) is 4. The smallest absolute Gasteiger partial charge is 0.244 e. The standard InChI is InChI=1S/C17H12Cl2N6O2/c18-9-5-10(19)7-11(6-9)21-14(26)8-25-13-4-2-1-3-12(13)22-17(25)15-16(20)24-27-23-15/h1-7H,8H2,(H2,20,24)(H,21,26). The molecule has 1 amide bonds. The Morgan fingerprint density at radius 2 is 1.89 bits per heavy atom.